The number of nitrogens with one attached hydrogen (secondary N) is 1. The Balaban J connectivity index is 1.56. The van der Waals surface area contributed by atoms with Crippen molar-refractivity contribution in [2.45, 2.75) is 12.8 Å². The van der Waals surface area contributed by atoms with Gasteiger partial charge in [-0.15, -0.1) is 0 Å². The standard InChI is InChI=1S/C20H21NO6/c1-24-16-7-4-14(12-18(16)25-2)21-20(23)8-5-15(22)13-3-6-17-19(11-13)27-10-9-26-17/h3-4,6-7,11-12H,5,8-10H2,1-2H3,(H,21,23). The highest BCUT2D eigenvalue weighted by Gasteiger charge is 2.16. The van der Waals surface area contributed by atoms with Crippen LogP contribution in [0.2, 0.25) is 0 Å². The van der Waals surface area contributed by atoms with E-state index in [1.165, 1.54) is 7.11 Å². The van der Waals surface area contributed by atoms with Crippen molar-refractivity contribution < 1.29 is 28.5 Å². The topological polar surface area (TPSA) is 83.1 Å². The lowest BCUT2D eigenvalue weighted by atomic mass is 10.1. The Morgan fingerprint density at radius 2 is 1.67 bits per heavy atom. The normalized spacial score (nSPS) is 12.2. The number of carbonyl (C=O) groups excluding carboxylic acids is 2. The molecule has 0 aromatic heterocycles. The molecule has 1 N–H and O–H groups in total. The van der Waals surface area contributed by atoms with E-state index < -0.39 is 0 Å². The zero-order chi connectivity index (χ0) is 19.2. The third-order valence-corrected chi connectivity index (χ3v) is 4.11. The van der Waals surface area contributed by atoms with Gasteiger partial charge in [-0.2, -0.15) is 0 Å². The van der Waals surface area contributed by atoms with Crippen LogP contribution in [-0.2, 0) is 4.79 Å². The fraction of sp³-hybridized carbons (Fsp3) is 0.300. The molecule has 2 aromatic carbocycles. The first-order valence-corrected chi connectivity index (χ1v) is 8.55. The average molecular weight is 371 g/mol. The van der Waals surface area contributed by atoms with Crippen molar-refractivity contribution in [3.05, 3.63) is 42.0 Å². The predicted octanol–water partition coefficient (Wildman–Crippen LogP) is 3.08. The van der Waals surface area contributed by atoms with Gasteiger partial charge in [-0.05, 0) is 30.3 Å². The van der Waals surface area contributed by atoms with Gasteiger partial charge >= 0.3 is 0 Å². The summed E-state index contributed by atoms with van der Waals surface area (Å²) in [5.41, 5.74) is 1.07. The minimum absolute atomic E-state index is 0.0711. The number of ether oxygens (including phenoxy) is 4. The summed E-state index contributed by atoms with van der Waals surface area (Å²) >= 11 is 0. The van der Waals surface area contributed by atoms with E-state index in [1.807, 2.05) is 0 Å². The van der Waals surface area contributed by atoms with Gasteiger partial charge in [0, 0.05) is 30.2 Å². The number of amides is 1. The van der Waals surface area contributed by atoms with Crippen LogP contribution < -0.4 is 24.3 Å². The zero-order valence-electron chi connectivity index (χ0n) is 15.2. The highest BCUT2D eigenvalue weighted by Crippen LogP contribution is 2.31. The molecular formula is C20H21NO6. The van der Waals surface area contributed by atoms with Gasteiger partial charge in [0.15, 0.2) is 28.8 Å². The average Bonchev–Trinajstić information content (AvgIpc) is 2.71. The molecule has 1 amide bonds. The third-order valence-electron chi connectivity index (χ3n) is 4.11. The molecule has 142 valence electrons. The van der Waals surface area contributed by atoms with E-state index in [1.54, 1.807) is 43.5 Å². The number of anilines is 1. The van der Waals surface area contributed by atoms with Crippen molar-refractivity contribution in [1.82, 2.24) is 0 Å². The number of carbonyl (C=O) groups is 2. The van der Waals surface area contributed by atoms with Crippen molar-refractivity contribution in [2.75, 3.05) is 32.8 Å². The van der Waals surface area contributed by atoms with E-state index in [0.29, 0.717) is 47.5 Å². The molecule has 0 radical (unpaired) electrons. The Morgan fingerprint density at radius 1 is 0.926 bits per heavy atom. The summed E-state index contributed by atoms with van der Waals surface area (Å²) in [6, 6.07) is 10.1. The van der Waals surface area contributed by atoms with E-state index in [-0.39, 0.29) is 24.5 Å². The van der Waals surface area contributed by atoms with E-state index >= 15 is 0 Å². The van der Waals surface area contributed by atoms with Crippen molar-refractivity contribution in [2.24, 2.45) is 0 Å². The SMILES string of the molecule is COc1ccc(NC(=O)CCC(=O)c2ccc3c(c2)OCCO3)cc1OC. The number of benzene rings is 2. The molecule has 1 aliphatic heterocycles. The highest BCUT2D eigenvalue weighted by molar-refractivity contribution is 6.00. The molecule has 0 unspecified atom stereocenters. The summed E-state index contributed by atoms with van der Waals surface area (Å²) in [4.78, 5) is 24.5. The van der Waals surface area contributed by atoms with Gasteiger partial charge in [-0.3, -0.25) is 9.59 Å². The van der Waals surface area contributed by atoms with E-state index in [0.717, 1.165) is 0 Å². The Kier molecular flexibility index (Phi) is 5.80. The smallest absolute Gasteiger partial charge is 0.224 e. The summed E-state index contributed by atoms with van der Waals surface area (Å²) in [6.45, 7) is 0.953. The molecule has 0 atom stereocenters. The first kappa shape index (κ1) is 18.6. The second kappa shape index (κ2) is 8.44. The summed E-state index contributed by atoms with van der Waals surface area (Å²) in [7, 11) is 3.06. The summed E-state index contributed by atoms with van der Waals surface area (Å²) < 4.78 is 21.3. The fourth-order valence-corrected chi connectivity index (χ4v) is 2.73. The minimum Gasteiger partial charge on any atom is -0.493 e. The lowest BCUT2D eigenvalue weighted by molar-refractivity contribution is -0.116. The van der Waals surface area contributed by atoms with Crippen molar-refractivity contribution in [3.8, 4) is 23.0 Å². The van der Waals surface area contributed by atoms with Crippen LogP contribution in [0.3, 0.4) is 0 Å². The molecule has 1 aliphatic rings. The number of rotatable bonds is 7. The number of methoxy groups -OCH3 is 2. The van der Waals surface area contributed by atoms with Gasteiger partial charge in [0.25, 0.3) is 0 Å². The second-order valence-electron chi connectivity index (χ2n) is 5.90. The first-order chi connectivity index (χ1) is 13.1. The molecule has 0 saturated carbocycles. The summed E-state index contributed by atoms with van der Waals surface area (Å²) in [5.74, 6) is 1.89. The van der Waals surface area contributed by atoms with E-state index in [2.05, 4.69) is 5.32 Å². The Hall–Kier alpha value is -3.22. The van der Waals surface area contributed by atoms with Crippen LogP contribution in [0.1, 0.15) is 23.2 Å². The monoisotopic (exact) mass is 371 g/mol. The molecule has 0 bridgehead atoms. The lowest BCUT2D eigenvalue weighted by Gasteiger charge is -2.18. The molecule has 3 rings (SSSR count). The number of fused-ring (bicyclic) bond motifs is 1. The van der Waals surface area contributed by atoms with Crippen molar-refractivity contribution in [3.63, 3.8) is 0 Å². The van der Waals surface area contributed by atoms with E-state index in [9.17, 15) is 9.59 Å². The van der Waals surface area contributed by atoms with Crippen LogP contribution in [-0.4, -0.2) is 39.1 Å². The molecule has 0 spiro atoms. The molecule has 7 nitrogen and oxygen atoms in total. The zero-order valence-corrected chi connectivity index (χ0v) is 15.2. The van der Waals surface area contributed by atoms with Crippen LogP contribution >= 0.6 is 0 Å². The summed E-state index contributed by atoms with van der Waals surface area (Å²) in [6.07, 6.45) is 0.167. The fourth-order valence-electron chi connectivity index (χ4n) is 2.73. The Morgan fingerprint density at radius 3 is 2.41 bits per heavy atom. The van der Waals surface area contributed by atoms with Gasteiger partial charge in [0.1, 0.15) is 13.2 Å². The molecule has 7 heteroatoms. The third kappa shape index (κ3) is 4.49. The van der Waals surface area contributed by atoms with Gasteiger partial charge < -0.3 is 24.3 Å². The Bertz CT molecular complexity index is 848. The molecule has 0 saturated heterocycles. The van der Waals surface area contributed by atoms with Crippen LogP contribution in [0.25, 0.3) is 0 Å². The largest absolute Gasteiger partial charge is 0.493 e. The number of Topliss-reactive ketones (excluding diaryl/α,β-unsaturated/α-hetero) is 1. The minimum atomic E-state index is -0.256. The molecule has 1 heterocycles. The highest BCUT2D eigenvalue weighted by atomic mass is 16.6. The molecule has 0 aliphatic carbocycles. The van der Waals surface area contributed by atoms with Gasteiger partial charge in [-0.25, -0.2) is 0 Å². The van der Waals surface area contributed by atoms with E-state index in [4.69, 9.17) is 18.9 Å². The molecule has 0 fully saturated rings. The Labute approximate surface area is 157 Å². The first-order valence-electron chi connectivity index (χ1n) is 8.55. The maximum atomic E-state index is 12.4. The quantitative estimate of drug-likeness (QED) is 0.753. The van der Waals surface area contributed by atoms with Crippen LogP contribution in [0.15, 0.2) is 36.4 Å². The number of hydrogen-bond donors (Lipinski definition) is 1. The van der Waals surface area contributed by atoms with Crippen LogP contribution in [0.4, 0.5) is 5.69 Å². The van der Waals surface area contributed by atoms with Gasteiger partial charge in [-0.1, -0.05) is 0 Å². The summed E-state index contributed by atoms with van der Waals surface area (Å²) in [5, 5.41) is 2.75. The molecule has 2 aromatic rings. The maximum absolute atomic E-state index is 12.4. The van der Waals surface area contributed by atoms with Crippen LogP contribution in [0.5, 0.6) is 23.0 Å². The van der Waals surface area contributed by atoms with Crippen molar-refractivity contribution >= 4 is 17.4 Å². The molecule has 27 heavy (non-hydrogen) atoms. The van der Waals surface area contributed by atoms with Crippen molar-refractivity contribution in [1.29, 1.82) is 0 Å². The number of ketones is 1. The maximum Gasteiger partial charge on any atom is 0.224 e. The number of hydrogen-bond acceptors (Lipinski definition) is 6. The van der Waals surface area contributed by atoms with Gasteiger partial charge in [0.2, 0.25) is 5.91 Å². The van der Waals surface area contributed by atoms with Gasteiger partial charge in [0.05, 0.1) is 14.2 Å². The predicted molar refractivity (Wildman–Crippen MR) is 99.2 cm³/mol. The second-order valence-corrected chi connectivity index (χ2v) is 5.90. The lowest BCUT2D eigenvalue weighted by Crippen LogP contribution is -2.16. The van der Waals surface area contributed by atoms with Crippen LogP contribution in [0, 0.1) is 0 Å². The molecular weight excluding hydrogens is 350 g/mol.